The number of hydrogen-bond donors (Lipinski definition) is 2. The minimum atomic E-state index is -3.60. The Bertz CT molecular complexity index is 911. The van der Waals surface area contributed by atoms with Crippen LogP contribution in [0.25, 0.3) is 0 Å². The molecule has 1 amide bonds. The van der Waals surface area contributed by atoms with Gasteiger partial charge >= 0.3 is 0 Å². The van der Waals surface area contributed by atoms with Crippen LogP contribution in [0.4, 0.5) is 0 Å². The van der Waals surface area contributed by atoms with E-state index < -0.39 is 10.0 Å². The number of amides is 1. The number of benzene rings is 2. The second-order valence-electron chi connectivity index (χ2n) is 6.56. The van der Waals surface area contributed by atoms with Crippen molar-refractivity contribution in [1.82, 2.24) is 9.62 Å². The molecule has 1 heterocycles. The van der Waals surface area contributed by atoms with Crippen LogP contribution in [0.5, 0.6) is 0 Å². The molecule has 0 aromatic heterocycles. The van der Waals surface area contributed by atoms with Gasteiger partial charge < -0.3 is 10.6 Å². The number of nitrogens with zero attached hydrogens (tertiary/aromatic N) is 1. The topological polar surface area (TPSA) is 92.5 Å². The summed E-state index contributed by atoms with van der Waals surface area (Å²) in [7, 11) is -3.60. The first-order valence-electron chi connectivity index (χ1n) is 8.73. The zero-order chi connectivity index (χ0) is 19.4. The third-order valence-electron chi connectivity index (χ3n) is 4.71. The summed E-state index contributed by atoms with van der Waals surface area (Å²) < 4.78 is 26.6. The van der Waals surface area contributed by atoms with Gasteiger partial charge in [0, 0.05) is 37.2 Å². The predicted octanol–water partition coefficient (Wildman–Crippen LogP) is 1.72. The molecule has 0 aliphatic carbocycles. The van der Waals surface area contributed by atoms with E-state index in [1.807, 2.05) is 30.3 Å². The number of nitrogens with two attached hydrogens (primary N) is 1. The van der Waals surface area contributed by atoms with Gasteiger partial charge in [-0.1, -0.05) is 36.4 Å². The maximum Gasteiger partial charge on any atom is 0.253 e. The van der Waals surface area contributed by atoms with Gasteiger partial charge in [0.05, 0.1) is 4.90 Å². The first kappa shape index (κ1) is 19.3. The van der Waals surface area contributed by atoms with Crippen molar-refractivity contribution in [3.05, 3.63) is 78.4 Å². The van der Waals surface area contributed by atoms with Crippen LogP contribution < -0.4 is 10.5 Å². The highest BCUT2D eigenvalue weighted by atomic mass is 32.2. The van der Waals surface area contributed by atoms with Crippen LogP contribution in [0.1, 0.15) is 21.8 Å². The smallest absolute Gasteiger partial charge is 0.253 e. The van der Waals surface area contributed by atoms with E-state index >= 15 is 0 Å². The van der Waals surface area contributed by atoms with E-state index in [1.165, 1.54) is 30.3 Å². The molecular weight excluding hydrogens is 362 g/mol. The molecule has 1 aliphatic heterocycles. The first-order valence-corrected chi connectivity index (χ1v) is 10.2. The van der Waals surface area contributed by atoms with Crippen LogP contribution in [0.2, 0.25) is 0 Å². The Hall–Kier alpha value is -2.48. The average molecular weight is 385 g/mol. The largest absolute Gasteiger partial charge is 0.336 e. The van der Waals surface area contributed by atoms with Crippen LogP contribution in [0, 0.1) is 0 Å². The van der Waals surface area contributed by atoms with Gasteiger partial charge in [0.25, 0.3) is 5.91 Å². The summed E-state index contributed by atoms with van der Waals surface area (Å²) in [5.74, 6) is -0.0511. The number of sulfonamides is 1. The lowest BCUT2D eigenvalue weighted by molar-refractivity contribution is 0.0789. The Labute approximate surface area is 159 Å². The monoisotopic (exact) mass is 385 g/mol. The van der Waals surface area contributed by atoms with Crippen molar-refractivity contribution in [3.63, 3.8) is 0 Å². The van der Waals surface area contributed by atoms with Gasteiger partial charge in [-0.15, -0.1) is 6.58 Å². The minimum Gasteiger partial charge on any atom is -0.336 e. The maximum absolute atomic E-state index is 12.8. The number of carbonyl (C=O) groups excluding carboxylic acids is 1. The molecule has 142 valence electrons. The van der Waals surface area contributed by atoms with Gasteiger partial charge in [-0.2, -0.15) is 0 Å². The van der Waals surface area contributed by atoms with Crippen molar-refractivity contribution in [2.24, 2.45) is 5.73 Å². The molecule has 0 radical (unpaired) electrons. The molecule has 1 saturated heterocycles. The predicted molar refractivity (Wildman–Crippen MR) is 105 cm³/mol. The molecule has 0 bridgehead atoms. The van der Waals surface area contributed by atoms with E-state index in [1.54, 1.807) is 4.90 Å². The zero-order valence-corrected chi connectivity index (χ0v) is 15.7. The molecule has 0 saturated carbocycles. The Morgan fingerprint density at radius 2 is 1.81 bits per heavy atom. The molecule has 2 aromatic carbocycles. The highest BCUT2D eigenvalue weighted by molar-refractivity contribution is 7.89. The first-order chi connectivity index (χ1) is 12.9. The summed E-state index contributed by atoms with van der Waals surface area (Å²) in [6.07, 6.45) is 1.47. The van der Waals surface area contributed by atoms with Crippen molar-refractivity contribution in [3.8, 4) is 0 Å². The van der Waals surface area contributed by atoms with Gasteiger partial charge in [-0.05, 0) is 29.8 Å². The lowest BCUT2D eigenvalue weighted by Crippen LogP contribution is -2.32. The van der Waals surface area contributed by atoms with Gasteiger partial charge in [-0.25, -0.2) is 13.1 Å². The molecule has 0 spiro atoms. The lowest BCUT2D eigenvalue weighted by Gasteiger charge is -2.17. The summed E-state index contributed by atoms with van der Waals surface area (Å²) in [4.78, 5) is 14.6. The SMILES string of the molecule is C=CCNS(=O)(=O)c1ccc(C(=O)N2C[C@@H](N)[C@H](c3ccccc3)C2)cc1. The fourth-order valence-corrected chi connectivity index (χ4v) is 4.26. The maximum atomic E-state index is 12.8. The number of nitrogens with one attached hydrogen (secondary N) is 1. The molecule has 6 nitrogen and oxygen atoms in total. The number of carbonyl (C=O) groups is 1. The van der Waals surface area contributed by atoms with Crippen LogP contribution in [0.15, 0.2) is 72.1 Å². The van der Waals surface area contributed by atoms with Gasteiger partial charge in [0.15, 0.2) is 0 Å². The van der Waals surface area contributed by atoms with Crippen molar-refractivity contribution >= 4 is 15.9 Å². The van der Waals surface area contributed by atoms with Crippen LogP contribution >= 0.6 is 0 Å². The van der Waals surface area contributed by atoms with Gasteiger partial charge in [0.1, 0.15) is 0 Å². The van der Waals surface area contributed by atoms with Crippen LogP contribution in [-0.2, 0) is 10.0 Å². The summed E-state index contributed by atoms with van der Waals surface area (Å²) in [6, 6.07) is 15.7. The van der Waals surface area contributed by atoms with E-state index in [0.717, 1.165) is 5.56 Å². The van der Waals surface area contributed by atoms with Crippen LogP contribution in [0.3, 0.4) is 0 Å². The summed E-state index contributed by atoms with van der Waals surface area (Å²) in [5.41, 5.74) is 7.82. The summed E-state index contributed by atoms with van der Waals surface area (Å²) >= 11 is 0. The Balaban J connectivity index is 1.72. The minimum absolute atomic E-state index is 0.0953. The summed E-state index contributed by atoms with van der Waals surface area (Å²) in [6.45, 7) is 4.65. The Morgan fingerprint density at radius 3 is 2.44 bits per heavy atom. The molecular formula is C20H23N3O3S. The second-order valence-corrected chi connectivity index (χ2v) is 8.32. The highest BCUT2D eigenvalue weighted by Crippen LogP contribution is 2.27. The van der Waals surface area contributed by atoms with Crippen molar-refractivity contribution in [2.75, 3.05) is 19.6 Å². The normalized spacial score (nSPS) is 19.8. The second kappa shape index (κ2) is 8.04. The van der Waals surface area contributed by atoms with E-state index in [2.05, 4.69) is 11.3 Å². The number of rotatable bonds is 6. The molecule has 3 N–H and O–H groups in total. The number of likely N-dealkylation sites (tertiary alicyclic amines) is 1. The van der Waals surface area contributed by atoms with Gasteiger partial charge in [-0.3, -0.25) is 4.79 Å². The summed E-state index contributed by atoms with van der Waals surface area (Å²) in [5, 5.41) is 0. The third-order valence-corrected chi connectivity index (χ3v) is 6.15. The van der Waals surface area contributed by atoms with Gasteiger partial charge in [0.2, 0.25) is 10.0 Å². The van der Waals surface area contributed by atoms with Crippen molar-refractivity contribution < 1.29 is 13.2 Å². The van der Waals surface area contributed by atoms with E-state index in [-0.39, 0.29) is 29.3 Å². The fourth-order valence-electron chi connectivity index (χ4n) is 3.26. The third kappa shape index (κ3) is 4.27. The van der Waals surface area contributed by atoms with Crippen molar-refractivity contribution in [2.45, 2.75) is 16.9 Å². The Kier molecular flexibility index (Phi) is 5.74. The molecule has 1 fully saturated rings. The molecule has 0 unspecified atom stereocenters. The zero-order valence-electron chi connectivity index (χ0n) is 14.9. The van der Waals surface area contributed by atoms with Crippen LogP contribution in [-0.4, -0.2) is 44.9 Å². The van der Waals surface area contributed by atoms with E-state index in [4.69, 9.17) is 5.73 Å². The van der Waals surface area contributed by atoms with E-state index in [9.17, 15) is 13.2 Å². The van der Waals surface area contributed by atoms with Crippen molar-refractivity contribution in [1.29, 1.82) is 0 Å². The molecule has 2 aromatic rings. The van der Waals surface area contributed by atoms with E-state index in [0.29, 0.717) is 18.7 Å². The molecule has 2 atom stereocenters. The fraction of sp³-hybridized carbons (Fsp3) is 0.250. The highest BCUT2D eigenvalue weighted by Gasteiger charge is 2.34. The Morgan fingerprint density at radius 1 is 1.15 bits per heavy atom. The molecule has 3 rings (SSSR count). The quantitative estimate of drug-likeness (QED) is 0.741. The number of hydrogen-bond acceptors (Lipinski definition) is 4. The standard InChI is InChI=1S/C20H23N3O3S/c1-2-12-22-27(25,26)17-10-8-16(9-11-17)20(24)23-13-18(19(21)14-23)15-6-4-3-5-7-15/h2-11,18-19,22H,1,12-14,21H2/t18-,19+/m0/s1. The molecule has 7 heteroatoms. The lowest BCUT2D eigenvalue weighted by atomic mass is 9.95. The molecule has 1 aliphatic rings. The molecule has 27 heavy (non-hydrogen) atoms. The average Bonchev–Trinajstić information content (AvgIpc) is 3.08.